The Labute approximate surface area is 112 Å². The SMILES string of the molecule is Cc1cc2c(cc1F)nc(N)n2C1CCC(C)CC1. The fourth-order valence-corrected chi connectivity index (χ4v) is 3.12. The number of benzene rings is 1. The molecule has 1 aromatic carbocycles. The molecule has 102 valence electrons. The van der Waals surface area contributed by atoms with E-state index in [0.717, 1.165) is 24.3 Å². The highest BCUT2D eigenvalue weighted by Gasteiger charge is 2.23. The summed E-state index contributed by atoms with van der Waals surface area (Å²) in [5, 5.41) is 0. The van der Waals surface area contributed by atoms with E-state index in [1.807, 2.05) is 6.07 Å². The number of anilines is 1. The molecule has 2 N–H and O–H groups in total. The molecule has 1 aromatic heterocycles. The second-order valence-corrected chi connectivity index (χ2v) is 5.84. The van der Waals surface area contributed by atoms with Gasteiger partial charge in [0.1, 0.15) is 5.82 Å². The van der Waals surface area contributed by atoms with Crippen molar-refractivity contribution in [3.8, 4) is 0 Å². The van der Waals surface area contributed by atoms with Crippen molar-refractivity contribution in [2.24, 2.45) is 5.92 Å². The molecule has 1 heterocycles. The summed E-state index contributed by atoms with van der Waals surface area (Å²) in [6.07, 6.45) is 4.72. The van der Waals surface area contributed by atoms with Crippen LogP contribution in [0.15, 0.2) is 12.1 Å². The van der Waals surface area contributed by atoms with E-state index in [0.29, 0.717) is 23.1 Å². The van der Waals surface area contributed by atoms with Gasteiger partial charge in [-0.1, -0.05) is 6.92 Å². The van der Waals surface area contributed by atoms with E-state index in [1.165, 1.54) is 18.9 Å². The number of imidazole rings is 1. The smallest absolute Gasteiger partial charge is 0.201 e. The van der Waals surface area contributed by atoms with Gasteiger partial charge >= 0.3 is 0 Å². The van der Waals surface area contributed by atoms with Crippen molar-refractivity contribution in [1.82, 2.24) is 9.55 Å². The Kier molecular flexibility index (Phi) is 2.96. The van der Waals surface area contributed by atoms with Crippen LogP contribution in [0, 0.1) is 18.7 Å². The molecule has 0 unspecified atom stereocenters. The Morgan fingerprint density at radius 3 is 2.63 bits per heavy atom. The second kappa shape index (κ2) is 4.51. The number of rotatable bonds is 1. The van der Waals surface area contributed by atoms with E-state index < -0.39 is 0 Å². The molecule has 2 aromatic rings. The van der Waals surface area contributed by atoms with E-state index in [-0.39, 0.29) is 5.82 Å². The van der Waals surface area contributed by atoms with E-state index in [2.05, 4.69) is 16.5 Å². The molecule has 1 aliphatic carbocycles. The molecule has 1 fully saturated rings. The van der Waals surface area contributed by atoms with Gasteiger partial charge in [-0.3, -0.25) is 0 Å². The highest BCUT2D eigenvalue weighted by molar-refractivity contribution is 5.79. The number of nitrogens with two attached hydrogens (primary N) is 1. The van der Waals surface area contributed by atoms with Crippen molar-refractivity contribution >= 4 is 17.0 Å². The van der Waals surface area contributed by atoms with E-state index in [1.54, 1.807) is 6.92 Å². The van der Waals surface area contributed by atoms with Crippen molar-refractivity contribution in [3.05, 3.63) is 23.5 Å². The molecule has 1 saturated carbocycles. The number of aryl methyl sites for hydroxylation is 1. The minimum Gasteiger partial charge on any atom is -0.369 e. The Bertz CT molecular complexity index is 609. The Balaban J connectivity index is 2.07. The summed E-state index contributed by atoms with van der Waals surface area (Å²) in [7, 11) is 0. The zero-order valence-electron chi connectivity index (χ0n) is 11.5. The number of nitrogen functional groups attached to an aromatic ring is 1. The zero-order valence-corrected chi connectivity index (χ0v) is 11.5. The van der Waals surface area contributed by atoms with Crippen LogP contribution in [0.3, 0.4) is 0 Å². The molecule has 0 amide bonds. The molecule has 3 rings (SSSR count). The van der Waals surface area contributed by atoms with Crippen molar-refractivity contribution in [2.45, 2.75) is 45.6 Å². The third kappa shape index (κ3) is 2.09. The molecule has 0 radical (unpaired) electrons. The number of halogens is 1. The summed E-state index contributed by atoms with van der Waals surface area (Å²) in [6.45, 7) is 4.08. The molecule has 1 aliphatic rings. The number of hydrogen-bond acceptors (Lipinski definition) is 2. The summed E-state index contributed by atoms with van der Waals surface area (Å²) in [5.41, 5.74) is 8.33. The molecule has 3 nitrogen and oxygen atoms in total. The minimum atomic E-state index is -0.214. The molecule has 0 spiro atoms. The number of nitrogens with zero attached hydrogens (tertiary/aromatic N) is 2. The van der Waals surface area contributed by atoms with Crippen molar-refractivity contribution < 1.29 is 4.39 Å². The lowest BCUT2D eigenvalue weighted by Gasteiger charge is -2.28. The van der Waals surface area contributed by atoms with Gasteiger partial charge in [-0.05, 0) is 50.2 Å². The number of aromatic nitrogens is 2. The van der Waals surface area contributed by atoms with Crippen LogP contribution in [-0.2, 0) is 0 Å². The van der Waals surface area contributed by atoms with Gasteiger partial charge in [0.15, 0.2) is 0 Å². The first-order valence-corrected chi connectivity index (χ1v) is 7.00. The highest BCUT2D eigenvalue weighted by atomic mass is 19.1. The molecular weight excluding hydrogens is 241 g/mol. The normalized spacial score (nSPS) is 23.9. The van der Waals surface area contributed by atoms with Gasteiger partial charge in [0.05, 0.1) is 11.0 Å². The Hall–Kier alpha value is -1.58. The second-order valence-electron chi connectivity index (χ2n) is 5.84. The van der Waals surface area contributed by atoms with E-state index >= 15 is 0 Å². The topological polar surface area (TPSA) is 43.8 Å². The molecule has 0 aliphatic heterocycles. The average molecular weight is 261 g/mol. The monoisotopic (exact) mass is 261 g/mol. The highest BCUT2D eigenvalue weighted by Crippen LogP contribution is 2.36. The molecule has 0 bridgehead atoms. The molecule has 4 heteroatoms. The van der Waals surface area contributed by atoms with Crippen LogP contribution in [0.1, 0.15) is 44.2 Å². The van der Waals surface area contributed by atoms with Gasteiger partial charge in [0.25, 0.3) is 0 Å². The summed E-state index contributed by atoms with van der Waals surface area (Å²) < 4.78 is 15.7. The average Bonchev–Trinajstić information content (AvgIpc) is 2.67. The van der Waals surface area contributed by atoms with Gasteiger partial charge in [-0.2, -0.15) is 0 Å². The van der Waals surface area contributed by atoms with Crippen LogP contribution in [0.25, 0.3) is 11.0 Å². The standard InChI is InChI=1S/C15H20FN3/c1-9-3-5-11(6-4-9)19-14-7-10(2)12(16)8-13(14)18-15(19)17/h7-9,11H,3-6H2,1-2H3,(H2,17,18). The predicted octanol–water partition coefficient (Wildman–Crippen LogP) is 3.82. The van der Waals surface area contributed by atoms with Gasteiger partial charge in [-0.15, -0.1) is 0 Å². The molecular formula is C15H20FN3. The maximum Gasteiger partial charge on any atom is 0.201 e. The maximum absolute atomic E-state index is 13.6. The first-order chi connectivity index (χ1) is 9.06. The van der Waals surface area contributed by atoms with Crippen molar-refractivity contribution in [2.75, 3.05) is 5.73 Å². The third-order valence-corrected chi connectivity index (χ3v) is 4.35. The van der Waals surface area contributed by atoms with Crippen LogP contribution in [0.4, 0.5) is 10.3 Å². The van der Waals surface area contributed by atoms with E-state index in [9.17, 15) is 4.39 Å². The largest absolute Gasteiger partial charge is 0.369 e. The van der Waals surface area contributed by atoms with Gasteiger partial charge in [-0.25, -0.2) is 9.37 Å². The first kappa shape index (κ1) is 12.5. The van der Waals surface area contributed by atoms with Crippen LogP contribution >= 0.6 is 0 Å². The molecule has 19 heavy (non-hydrogen) atoms. The number of fused-ring (bicyclic) bond motifs is 1. The Morgan fingerprint density at radius 2 is 1.95 bits per heavy atom. The van der Waals surface area contributed by atoms with Gasteiger partial charge in [0.2, 0.25) is 5.95 Å². The number of hydrogen-bond donors (Lipinski definition) is 1. The molecule has 0 atom stereocenters. The lowest BCUT2D eigenvalue weighted by atomic mass is 9.87. The lowest BCUT2D eigenvalue weighted by Crippen LogP contribution is -2.18. The fraction of sp³-hybridized carbons (Fsp3) is 0.533. The maximum atomic E-state index is 13.6. The third-order valence-electron chi connectivity index (χ3n) is 4.35. The summed E-state index contributed by atoms with van der Waals surface area (Å²) in [6, 6.07) is 3.76. The van der Waals surface area contributed by atoms with Crippen LogP contribution < -0.4 is 5.73 Å². The minimum absolute atomic E-state index is 0.214. The zero-order chi connectivity index (χ0) is 13.6. The van der Waals surface area contributed by atoms with E-state index in [4.69, 9.17) is 5.73 Å². The van der Waals surface area contributed by atoms with Crippen LogP contribution in [0.5, 0.6) is 0 Å². The predicted molar refractivity (Wildman–Crippen MR) is 75.5 cm³/mol. The fourth-order valence-electron chi connectivity index (χ4n) is 3.12. The van der Waals surface area contributed by atoms with Crippen LogP contribution in [-0.4, -0.2) is 9.55 Å². The van der Waals surface area contributed by atoms with Crippen molar-refractivity contribution in [3.63, 3.8) is 0 Å². The quantitative estimate of drug-likeness (QED) is 0.848. The molecule has 0 saturated heterocycles. The van der Waals surface area contributed by atoms with Gasteiger partial charge in [0, 0.05) is 12.1 Å². The lowest BCUT2D eigenvalue weighted by molar-refractivity contribution is 0.296. The first-order valence-electron chi connectivity index (χ1n) is 7.00. The van der Waals surface area contributed by atoms with Gasteiger partial charge < -0.3 is 10.3 Å². The summed E-state index contributed by atoms with van der Waals surface area (Å²) >= 11 is 0. The Morgan fingerprint density at radius 1 is 1.26 bits per heavy atom. The van der Waals surface area contributed by atoms with Crippen molar-refractivity contribution in [1.29, 1.82) is 0 Å². The summed E-state index contributed by atoms with van der Waals surface area (Å²) in [4.78, 5) is 4.31. The summed E-state index contributed by atoms with van der Waals surface area (Å²) in [5.74, 6) is 1.10. The van der Waals surface area contributed by atoms with Crippen LogP contribution in [0.2, 0.25) is 0 Å².